The van der Waals surface area contributed by atoms with Gasteiger partial charge in [0.15, 0.2) is 0 Å². The number of anilines is 1. The monoisotopic (exact) mass is 261 g/mol. The molecule has 1 nitrogen and oxygen atoms in total. The van der Waals surface area contributed by atoms with Gasteiger partial charge in [0, 0.05) is 16.8 Å². The molecule has 1 heteroatoms. The molecule has 0 amide bonds. The fourth-order valence-electron chi connectivity index (χ4n) is 2.85. The quantitative estimate of drug-likeness (QED) is 0.560. The zero-order valence-electron chi connectivity index (χ0n) is 11.8. The fourth-order valence-corrected chi connectivity index (χ4v) is 2.85. The summed E-state index contributed by atoms with van der Waals surface area (Å²) in [5.74, 6) is 7.15. The lowest BCUT2D eigenvalue weighted by Crippen LogP contribution is -2.06. The van der Waals surface area contributed by atoms with E-state index in [-0.39, 0.29) is 0 Å². The highest BCUT2D eigenvalue weighted by Gasteiger charge is 2.15. The topological polar surface area (TPSA) is 26.0 Å². The maximum absolute atomic E-state index is 5.68. The predicted octanol–water partition coefficient (Wildman–Crippen LogP) is 4.11. The van der Waals surface area contributed by atoms with Gasteiger partial charge in [-0.25, -0.2) is 0 Å². The van der Waals surface area contributed by atoms with Gasteiger partial charge in [-0.05, 0) is 72.7 Å². The van der Waals surface area contributed by atoms with E-state index in [0.717, 1.165) is 16.8 Å². The van der Waals surface area contributed by atoms with Gasteiger partial charge in [0.05, 0.1) is 0 Å². The molecule has 0 aromatic heterocycles. The molecule has 0 bridgehead atoms. The summed E-state index contributed by atoms with van der Waals surface area (Å²) < 4.78 is 0. The highest BCUT2D eigenvalue weighted by molar-refractivity contribution is 5.49. The minimum atomic E-state index is 0.692. The van der Waals surface area contributed by atoms with E-state index < -0.39 is 0 Å². The molecule has 1 atom stereocenters. The van der Waals surface area contributed by atoms with Crippen molar-refractivity contribution in [2.24, 2.45) is 0 Å². The summed E-state index contributed by atoms with van der Waals surface area (Å²) in [5.41, 5.74) is 11.6. The Kier molecular flexibility index (Phi) is 3.48. The minimum Gasteiger partial charge on any atom is -0.399 e. The van der Waals surface area contributed by atoms with E-state index in [1.54, 1.807) is 0 Å². The lowest BCUT2D eigenvalue weighted by Gasteiger charge is -2.22. The van der Waals surface area contributed by atoms with E-state index in [9.17, 15) is 0 Å². The Morgan fingerprint density at radius 3 is 2.50 bits per heavy atom. The Bertz CT molecular complexity index is 671. The van der Waals surface area contributed by atoms with Crippen LogP contribution < -0.4 is 5.73 Å². The van der Waals surface area contributed by atoms with E-state index >= 15 is 0 Å². The fraction of sp³-hybridized carbons (Fsp3) is 0.263. The second kappa shape index (κ2) is 5.43. The molecular formula is C19H19N. The number of nitrogen functional groups attached to an aromatic ring is 1. The summed E-state index contributed by atoms with van der Waals surface area (Å²) in [7, 11) is 0. The molecule has 2 aromatic carbocycles. The summed E-state index contributed by atoms with van der Waals surface area (Å²) in [4.78, 5) is 0. The van der Waals surface area contributed by atoms with Crippen LogP contribution in [0.4, 0.5) is 5.69 Å². The summed E-state index contributed by atoms with van der Waals surface area (Å²) in [6, 6.07) is 14.4. The van der Waals surface area contributed by atoms with Crippen LogP contribution in [-0.2, 0) is 6.42 Å². The number of nitrogens with two attached hydrogens (primary N) is 1. The number of rotatable bonds is 0. The maximum atomic E-state index is 5.68. The second-order valence-electron chi connectivity index (χ2n) is 5.58. The average molecular weight is 261 g/mol. The molecule has 1 aliphatic carbocycles. The summed E-state index contributed by atoms with van der Waals surface area (Å²) in [6.07, 6.45) is 3.80. The molecule has 2 N–H and O–H groups in total. The standard InChI is InChI=1S/C19H19N/c1-14-3-2-4-17-13-16(9-12-19(14)17)6-5-15-7-10-18(20)11-8-15/h7-14H,2-4,20H2,1H3. The third-order valence-corrected chi connectivity index (χ3v) is 4.02. The molecular weight excluding hydrogens is 242 g/mol. The van der Waals surface area contributed by atoms with Gasteiger partial charge in [0.25, 0.3) is 0 Å². The van der Waals surface area contributed by atoms with Crippen molar-refractivity contribution >= 4 is 5.69 Å². The van der Waals surface area contributed by atoms with Crippen molar-refractivity contribution in [2.75, 3.05) is 5.73 Å². The third-order valence-electron chi connectivity index (χ3n) is 4.02. The first-order chi connectivity index (χ1) is 9.72. The molecule has 0 saturated carbocycles. The number of hydrogen-bond donors (Lipinski definition) is 1. The Morgan fingerprint density at radius 2 is 1.70 bits per heavy atom. The Labute approximate surface area is 120 Å². The van der Waals surface area contributed by atoms with Crippen LogP contribution in [-0.4, -0.2) is 0 Å². The van der Waals surface area contributed by atoms with Gasteiger partial charge in [-0.15, -0.1) is 0 Å². The molecule has 3 rings (SSSR count). The third kappa shape index (κ3) is 2.70. The van der Waals surface area contributed by atoms with Gasteiger partial charge in [-0.2, -0.15) is 0 Å². The molecule has 0 saturated heterocycles. The van der Waals surface area contributed by atoms with Gasteiger partial charge in [-0.3, -0.25) is 0 Å². The minimum absolute atomic E-state index is 0.692. The Morgan fingerprint density at radius 1 is 1.00 bits per heavy atom. The highest BCUT2D eigenvalue weighted by Crippen LogP contribution is 2.31. The van der Waals surface area contributed by atoms with Crippen molar-refractivity contribution in [1.29, 1.82) is 0 Å². The van der Waals surface area contributed by atoms with Gasteiger partial charge in [0.1, 0.15) is 0 Å². The molecule has 0 heterocycles. The number of hydrogen-bond acceptors (Lipinski definition) is 1. The summed E-state index contributed by atoms with van der Waals surface area (Å²) in [6.45, 7) is 2.32. The van der Waals surface area contributed by atoms with Gasteiger partial charge in [0.2, 0.25) is 0 Å². The van der Waals surface area contributed by atoms with Gasteiger partial charge >= 0.3 is 0 Å². The SMILES string of the molecule is CC1CCCc2cc(C#Cc3ccc(N)cc3)ccc21. The summed E-state index contributed by atoms with van der Waals surface area (Å²) >= 11 is 0. The number of fused-ring (bicyclic) bond motifs is 1. The molecule has 0 aliphatic heterocycles. The lowest BCUT2D eigenvalue weighted by atomic mass is 9.83. The van der Waals surface area contributed by atoms with E-state index in [1.165, 1.54) is 30.4 Å². The lowest BCUT2D eigenvalue weighted by molar-refractivity contribution is 0.590. The van der Waals surface area contributed by atoms with Crippen molar-refractivity contribution in [1.82, 2.24) is 0 Å². The van der Waals surface area contributed by atoms with E-state index in [2.05, 4.69) is 37.0 Å². The van der Waals surface area contributed by atoms with Crippen molar-refractivity contribution in [2.45, 2.75) is 32.1 Å². The zero-order valence-corrected chi connectivity index (χ0v) is 11.8. The highest BCUT2D eigenvalue weighted by atomic mass is 14.5. The molecule has 2 aromatic rings. The molecule has 0 radical (unpaired) electrons. The maximum Gasteiger partial charge on any atom is 0.0314 e. The van der Waals surface area contributed by atoms with Crippen LogP contribution in [0.25, 0.3) is 0 Å². The molecule has 1 aliphatic rings. The Hall–Kier alpha value is -2.20. The van der Waals surface area contributed by atoms with Gasteiger partial charge in [-0.1, -0.05) is 24.8 Å². The van der Waals surface area contributed by atoms with Crippen LogP contribution in [0.2, 0.25) is 0 Å². The van der Waals surface area contributed by atoms with Crippen molar-refractivity contribution in [3.63, 3.8) is 0 Å². The molecule has 0 spiro atoms. The van der Waals surface area contributed by atoms with Crippen LogP contribution in [0.5, 0.6) is 0 Å². The van der Waals surface area contributed by atoms with Crippen molar-refractivity contribution in [3.05, 3.63) is 64.7 Å². The van der Waals surface area contributed by atoms with E-state index in [1.807, 2.05) is 24.3 Å². The van der Waals surface area contributed by atoms with Crippen LogP contribution in [0.1, 0.15) is 47.9 Å². The molecule has 100 valence electrons. The molecule has 0 fully saturated rings. The van der Waals surface area contributed by atoms with Crippen LogP contribution in [0.3, 0.4) is 0 Å². The smallest absolute Gasteiger partial charge is 0.0314 e. The molecule has 20 heavy (non-hydrogen) atoms. The first-order valence-corrected chi connectivity index (χ1v) is 7.23. The second-order valence-corrected chi connectivity index (χ2v) is 5.58. The first-order valence-electron chi connectivity index (χ1n) is 7.23. The predicted molar refractivity (Wildman–Crippen MR) is 84.6 cm³/mol. The number of aryl methyl sites for hydroxylation is 1. The van der Waals surface area contributed by atoms with Crippen molar-refractivity contribution < 1.29 is 0 Å². The van der Waals surface area contributed by atoms with Crippen LogP contribution in [0.15, 0.2) is 42.5 Å². The largest absolute Gasteiger partial charge is 0.399 e. The normalized spacial score (nSPS) is 16.9. The average Bonchev–Trinajstić information content (AvgIpc) is 2.47. The zero-order chi connectivity index (χ0) is 13.9. The number of benzene rings is 2. The van der Waals surface area contributed by atoms with Crippen LogP contribution >= 0.6 is 0 Å². The van der Waals surface area contributed by atoms with E-state index in [0.29, 0.717) is 5.92 Å². The van der Waals surface area contributed by atoms with Crippen LogP contribution in [0, 0.1) is 11.8 Å². The summed E-state index contributed by atoms with van der Waals surface area (Å²) in [5, 5.41) is 0. The molecule has 1 unspecified atom stereocenters. The van der Waals surface area contributed by atoms with Crippen molar-refractivity contribution in [3.8, 4) is 11.8 Å². The Balaban J connectivity index is 1.87. The van der Waals surface area contributed by atoms with Gasteiger partial charge < -0.3 is 5.73 Å². The van der Waals surface area contributed by atoms with E-state index in [4.69, 9.17) is 5.73 Å². The first kappa shape index (κ1) is 12.8.